The lowest BCUT2D eigenvalue weighted by atomic mass is 9.84. The molecule has 3 heteroatoms. The van der Waals surface area contributed by atoms with Crippen molar-refractivity contribution in [2.24, 2.45) is 5.92 Å². The van der Waals surface area contributed by atoms with Gasteiger partial charge in [0.25, 0.3) is 0 Å². The summed E-state index contributed by atoms with van der Waals surface area (Å²) in [6.45, 7) is 0.332. The first-order chi connectivity index (χ1) is 10.2. The Morgan fingerprint density at radius 1 is 1.14 bits per heavy atom. The predicted octanol–water partition coefficient (Wildman–Crippen LogP) is 3.24. The number of carbonyl (C=O) groups is 1. The van der Waals surface area contributed by atoms with Crippen molar-refractivity contribution in [2.75, 3.05) is 0 Å². The molecule has 3 nitrogen and oxygen atoms in total. The SMILES string of the molecule is O=C(OCc1ccccc1)C1CCc2cc(O)ccc2C1. The fourth-order valence-corrected chi connectivity index (χ4v) is 2.79. The standard InChI is InChI=1S/C18H18O3/c19-17-9-8-14-10-16(7-6-15(14)11-17)18(20)21-12-13-4-2-1-3-5-13/h1-5,8-9,11,16,19H,6-7,10,12H2. The molecule has 0 fully saturated rings. The number of aryl methyl sites for hydroxylation is 1. The van der Waals surface area contributed by atoms with Gasteiger partial charge >= 0.3 is 5.97 Å². The van der Waals surface area contributed by atoms with Gasteiger partial charge in [-0.15, -0.1) is 0 Å². The maximum atomic E-state index is 12.2. The maximum absolute atomic E-state index is 12.2. The molecule has 108 valence electrons. The molecular weight excluding hydrogens is 264 g/mol. The van der Waals surface area contributed by atoms with Crippen molar-refractivity contribution in [3.63, 3.8) is 0 Å². The van der Waals surface area contributed by atoms with Crippen molar-refractivity contribution < 1.29 is 14.6 Å². The minimum absolute atomic E-state index is 0.0780. The molecule has 0 spiro atoms. The Kier molecular flexibility index (Phi) is 3.91. The topological polar surface area (TPSA) is 46.5 Å². The fourth-order valence-electron chi connectivity index (χ4n) is 2.79. The second-order valence-corrected chi connectivity index (χ2v) is 5.49. The summed E-state index contributed by atoms with van der Waals surface area (Å²) in [5, 5.41) is 9.48. The lowest BCUT2D eigenvalue weighted by molar-refractivity contribution is -0.150. The Morgan fingerprint density at radius 2 is 1.95 bits per heavy atom. The van der Waals surface area contributed by atoms with E-state index in [2.05, 4.69) is 0 Å². The first kappa shape index (κ1) is 13.7. The number of esters is 1. The van der Waals surface area contributed by atoms with Crippen LogP contribution in [0.15, 0.2) is 48.5 Å². The zero-order valence-corrected chi connectivity index (χ0v) is 11.8. The number of hydrogen-bond donors (Lipinski definition) is 1. The molecule has 0 radical (unpaired) electrons. The first-order valence-electron chi connectivity index (χ1n) is 7.24. The van der Waals surface area contributed by atoms with Gasteiger partial charge in [0, 0.05) is 0 Å². The third-order valence-electron chi connectivity index (χ3n) is 3.98. The molecule has 0 aliphatic heterocycles. The van der Waals surface area contributed by atoms with Crippen molar-refractivity contribution in [3.8, 4) is 5.75 Å². The Morgan fingerprint density at radius 3 is 2.76 bits per heavy atom. The minimum Gasteiger partial charge on any atom is -0.508 e. The van der Waals surface area contributed by atoms with Crippen LogP contribution in [0.4, 0.5) is 0 Å². The number of rotatable bonds is 3. The lowest BCUT2D eigenvalue weighted by Crippen LogP contribution is -2.24. The molecule has 0 saturated heterocycles. The van der Waals surface area contributed by atoms with Crippen LogP contribution in [-0.4, -0.2) is 11.1 Å². The molecule has 1 N–H and O–H groups in total. The number of ether oxygens (including phenoxy) is 1. The van der Waals surface area contributed by atoms with Gasteiger partial charge < -0.3 is 9.84 Å². The monoisotopic (exact) mass is 282 g/mol. The third kappa shape index (κ3) is 3.24. The molecular formula is C18H18O3. The number of benzene rings is 2. The molecule has 1 atom stereocenters. The molecule has 21 heavy (non-hydrogen) atoms. The van der Waals surface area contributed by atoms with Gasteiger partial charge in [0.05, 0.1) is 5.92 Å². The average Bonchev–Trinajstić information content (AvgIpc) is 2.53. The molecule has 1 aliphatic carbocycles. The van der Waals surface area contributed by atoms with E-state index in [9.17, 15) is 9.90 Å². The highest BCUT2D eigenvalue weighted by atomic mass is 16.5. The van der Waals surface area contributed by atoms with Gasteiger partial charge in [0.15, 0.2) is 0 Å². The molecule has 0 saturated carbocycles. The summed E-state index contributed by atoms with van der Waals surface area (Å²) in [6, 6.07) is 15.1. The molecule has 2 aromatic carbocycles. The van der Waals surface area contributed by atoms with E-state index in [0.29, 0.717) is 18.8 Å². The van der Waals surface area contributed by atoms with Crippen LogP contribution in [0.25, 0.3) is 0 Å². The molecule has 0 amide bonds. The van der Waals surface area contributed by atoms with E-state index in [4.69, 9.17) is 4.74 Å². The fraction of sp³-hybridized carbons (Fsp3) is 0.278. The van der Waals surface area contributed by atoms with Gasteiger partial charge in [0.1, 0.15) is 12.4 Å². The van der Waals surface area contributed by atoms with Crippen LogP contribution >= 0.6 is 0 Å². The van der Waals surface area contributed by atoms with E-state index in [-0.39, 0.29) is 11.9 Å². The average molecular weight is 282 g/mol. The van der Waals surface area contributed by atoms with Crippen LogP contribution in [0.5, 0.6) is 5.75 Å². The molecule has 3 rings (SSSR count). The Bertz CT molecular complexity index is 634. The number of carbonyl (C=O) groups excluding carboxylic acids is 1. The summed E-state index contributed by atoms with van der Waals surface area (Å²) < 4.78 is 5.42. The van der Waals surface area contributed by atoms with E-state index in [1.54, 1.807) is 12.1 Å². The van der Waals surface area contributed by atoms with E-state index < -0.39 is 0 Å². The summed E-state index contributed by atoms with van der Waals surface area (Å²) in [5.41, 5.74) is 3.29. The number of aromatic hydroxyl groups is 1. The van der Waals surface area contributed by atoms with Crippen LogP contribution in [0, 0.1) is 5.92 Å². The summed E-state index contributed by atoms with van der Waals surface area (Å²) in [4.78, 5) is 12.2. The summed E-state index contributed by atoms with van der Waals surface area (Å²) in [5.74, 6) is 0.0854. The molecule has 1 aliphatic rings. The zero-order chi connectivity index (χ0) is 14.7. The van der Waals surface area contributed by atoms with Gasteiger partial charge in [-0.2, -0.15) is 0 Å². The van der Waals surface area contributed by atoms with E-state index in [1.807, 2.05) is 36.4 Å². The number of hydrogen-bond acceptors (Lipinski definition) is 3. The van der Waals surface area contributed by atoms with Crippen molar-refractivity contribution in [2.45, 2.75) is 25.9 Å². The summed E-state index contributed by atoms with van der Waals surface area (Å²) >= 11 is 0. The molecule has 0 bridgehead atoms. The second kappa shape index (κ2) is 6.00. The molecule has 2 aromatic rings. The second-order valence-electron chi connectivity index (χ2n) is 5.49. The van der Waals surface area contributed by atoms with Crippen LogP contribution < -0.4 is 0 Å². The zero-order valence-electron chi connectivity index (χ0n) is 11.8. The molecule has 0 heterocycles. The van der Waals surface area contributed by atoms with Crippen LogP contribution in [-0.2, 0) is 29.0 Å². The maximum Gasteiger partial charge on any atom is 0.309 e. The summed E-state index contributed by atoms with van der Waals surface area (Å²) in [7, 11) is 0. The molecule has 0 aromatic heterocycles. The Labute approximate surface area is 124 Å². The highest BCUT2D eigenvalue weighted by Gasteiger charge is 2.26. The smallest absolute Gasteiger partial charge is 0.309 e. The normalized spacial score (nSPS) is 17.0. The van der Waals surface area contributed by atoms with E-state index in [1.165, 1.54) is 0 Å². The van der Waals surface area contributed by atoms with Gasteiger partial charge in [-0.1, -0.05) is 36.4 Å². The highest BCUT2D eigenvalue weighted by molar-refractivity contribution is 5.73. The van der Waals surface area contributed by atoms with Gasteiger partial charge in [-0.25, -0.2) is 0 Å². The van der Waals surface area contributed by atoms with Gasteiger partial charge in [-0.3, -0.25) is 4.79 Å². The lowest BCUT2D eigenvalue weighted by Gasteiger charge is -2.23. The number of phenolic OH excluding ortho intramolecular Hbond substituents is 1. The quantitative estimate of drug-likeness (QED) is 0.879. The Hall–Kier alpha value is -2.29. The van der Waals surface area contributed by atoms with Crippen molar-refractivity contribution in [3.05, 3.63) is 65.2 Å². The largest absolute Gasteiger partial charge is 0.508 e. The highest BCUT2D eigenvalue weighted by Crippen LogP contribution is 2.29. The first-order valence-corrected chi connectivity index (χ1v) is 7.24. The third-order valence-corrected chi connectivity index (χ3v) is 3.98. The predicted molar refractivity (Wildman–Crippen MR) is 79.9 cm³/mol. The van der Waals surface area contributed by atoms with Crippen molar-refractivity contribution in [1.82, 2.24) is 0 Å². The number of fused-ring (bicyclic) bond motifs is 1. The van der Waals surface area contributed by atoms with Crippen LogP contribution in [0.2, 0.25) is 0 Å². The summed E-state index contributed by atoms with van der Waals surface area (Å²) in [6.07, 6.45) is 2.29. The van der Waals surface area contributed by atoms with Crippen molar-refractivity contribution >= 4 is 5.97 Å². The van der Waals surface area contributed by atoms with Crippen LogP contribution in [0.3, 0.4) is 0 Å². The Balaban J connectivity index is 1.60. The van der Waals surface area contributed by atoms with E-state index >= 15 is 0 Å². The van der Waals surface area contributed by atoms with Crippen molar-refractivity contribution in [1.29, 1.82) is 0 Å². The molecule has 1 unspecified atom stereocenters. The van der Waals surface area contributed by atoms with Crippen LogP contribution in [0.1, 0.15) is 23.1 Å². The minimum atomic E-state index is -0.127. The van der Waals surface area contributed by atoms with Gasteiger partial charge in [0.2, 0.25) is 0 Å². The van der Waals surface area contributed by atoms with Gasteiger partial charge in [-0.05, 0) is 48.1 Å². The number of phenols is 1. The van der Waals surface area contributed by atoms with E-state index in [0.717, 1.165) is 29.5 Å².